The molecule has 21 heavy (non-hydrogen) atoms. The van der Waals surface area contributed by atoms with Crippen molar-refractivity contribution in [3.8, 4) is 0 Å². The van der Waals surface area contributed by atoms with E-state index < -0.39 is 0 Å². The Labute approximate surface area is 127 Å². The van der Waals surface area contributed by atoms with E-state index in [4.69, 9.17) is 9.15 Å². The van der Waals surface area contributed by atoms with Crippen LogP contribution in [0.3, 0.4) is 0 Å². The van der Waals surface area contributed by atoms with Crippen LogP contribution in [0.2, 0.25) is 0 Å². The normalized spacial score (nSPS) is 21.9. The lowest BCUT2D eigenvalue weighted by atomic mass is 9.79. The molecule has 0 amide bonds. The van der Waals surface area contributed by atoms with Gasteiger partial charge in [0.05, 0.1) is 6.26 Å². The fraction of sp³-hybridized carbons (Fsp3) is 0.765. The first kappa shape index (κ1) is 15.1. The van der Waals surface area contributed by atoms with E-state index in [0.29, 0.717) is 5.41 Å². The molecule has 1 N–H and O–H groups in total. The predicted molar refractivity (Wildman–Crippen MR) is 83.3 cm³/mol. The summed E-state index contributed by atoms with van der Waals surface area (Å²) in [5.41, 5.74) is 1.67. The largest absolute Gasteiger partial charge is 0.469 e. The predicted octanol–water partition coefficient (Wildman–Crippen LogP) is 2.57. The molecule has 118 valence electrons. The second-order valence-electron chi connectivity index (χ2n) is 6.94. The van der Waals surface area contributed by atoms with Crippen LogP contribution in [-0.4, -0.2) is 44.3 Å². The Bertz CT molecular complexity index is 447. The van der Waals surface area contributed by atoms with Crippen LogP contribution in [0.5, 0.6) is 0 Å². The van der Waals surface area contributed by atoms with Gasteiger partial charge in [0.25, 0.3) is 0 Å². The van der Waals surface area contributed by atoms with Crippen molar-refractivity contribution in [1.29, 1.82) is 0 Å². The second kappa shape index (κ2) is 6.51. The zero-order chi connectivity index (χ0) is 14.7. The van der Waals surface area contributed by atoms with Crippen LogP contribution in [0.25, 0.3) is 0 Å². The first-order chi connectivity index (χ1) is 10.2. The molecule has 1 aromatic rings. The number of aryl methyl sites for hydroxylation is 1. The van der Waals surface area contributed by atoms with Crippen molar-refractivity contribution in [2.75, 3.05) is 33.4 Å². The average Bonchev–Trinajstić information content (AvgIpc) is 3.22. The molecule has 1 aromatic heterocycles. The van der Waals surface area contributed by atoms with Crippen molar-refractivity contribution in [2.24, 2.45) is 5.41 Å². The van der Waals surface area contributed by atoms with E-state index in [2.05, 4.69) is 23.3 Å². The summed E-state index contributed by atoms with van der Waals surface area (Å²) in [7, 11) is 2.22. The fourth-order valence-corrected chi connectivity index (χ4v) is 3.34. The molecule has 0 atom stereocenters. The van der Waals surface area contributed by atoms with Crippen molar-refractivity contribution in [1.82, 2.24) is 10.2 Å². The minimum atomic E-state index is 0.368. The van der Waals surface area contributed by atoms with E-state index in [1.165, 1.54) is 31.2 Å². The molecule has 0 aromatic carbocycles. The van der Waals surface area contributed by atoms with Gasteiger partial charge in [0.15, 0.2) is 0 Å². The van der Waals surface area contributed by atoms with Crippen LogP contribution in [0.1, 0.15) is 37.0 Å². The zero-order valence-corrected chi connectivity index (χ0v) is 13.4. The summed E-state index contributed by atoms with van der Waals surface area (Å²) in [4.78, 5) is 2.44. The molecular formula is C17H28N2O2. The van der Waals surface area contributed by atoms with Gasteiger partial charge in [-0.05, 0) is 51.1 Å². The fourth-order valence-electron chi connectivity index (χ4n) is 3.34. The number of nitrogens with zero attached hydrogens (tertiary/aromatic N) is 1. The summed E-state index contributed by atoms with van der Waals surface area (Å²) >= 11 is 0. The molecule has 1 saturated heterocycles. The van der Waals surface area contributed by atoms with Crippen LogP contribution in [0.15, 0.2) is 16.7 Å². The molecule has 0 unspecified atom stereocenters. The number of furan rings is 1. The second-order valence-corrected chi connectivity index (χ2v) is 6.94. The highest BCUT2D eigenvalue weighted by Gasteiger charge is 2.35. The first-order valence-electron chi connectivity index (χ1n) is 8.20. The van der Waals surface area contributed by atoms with Gasteiger partial charge in [-0.1, -0.05) is 0 Å². The van der Waals surface area contributed by atoms with E-state index in [1.807, 2.05) is 6.92 Å². The minimum absolute atomic E-state index is 0.368. The number of ether oxygens (including phenoxy) is 1. The van der Waals surface area contributed by atoms with Crippen LogP contribution >= 0.6 is 0 Å². The number of nitrogens with one attached hydrogen (secondary N) is 1. The van der Waals surface area contributed by atoms with E-state index in [-0.39, 0.29) is 0 Å². The van der Waals surface area contributed by atoms with Crippen molar-refractivity contribution in [3.05, 3.63) is 23.7 Å². The molecule has 1 aliphatic carbocycles. The molecule has 2 heterocycles. The topological polar surface area (TPSA) is 37.6 Å². The lowest BCUT2D eigenvalue weighted by Gasteiger charge is -2.40. The molecule has 0 bridgehead atoms. The Balaban J connectivity index is 1.58. The van der Waals surface area contributed by atoms with E-state index in [9.17, 15) is 0 Å². The number of hydrogen-bond donors (Lipinski definition) is 1. The molecule has 4 heteroatoms. The SMILES string of the molecule is Cc1occc1CN(C)CC1(CNC2CC2)CCOCC1. The third-order valence-electron chi connectivity index (χ3n) is 4.91. The van der Waals surface area contributed by atoms with E-state index in [1.54, 1.807) is 6.26 Å². The van der Waals surface area contributed by atoms with Gasteiger partial charge in [-0.25, -0.2) is 0 Å². The van der Waals surface area contributed by atoms with Gasteiger partial charge in [-0.2, -0.15) is 0 Å². The summed E-state index contributed by atoms with van der Waals surface area (Å²) in [6.45, 7) is 7.09. The lowest BCUT2D eigenvalue weighted by molar-refractivity contribution is -0.00187. The van der Waals surface area contributed by atoms with Crippen molar-refractivity contribution >= 4 is 0 Å². The van der Waals surface area contributed by atoms with Crippen LogP contribution in [0.4, 0.5) is 0 Å². The zero-order valence-electron chi connectivity index (χ0n) is 13.4. The Morgan fingerprint density at radius 1 is 1.33 bits per heavy atom. The van der Waals surface area contributed by atoms with Crippen LogP contribution < -0.4 is 5.32 Å². The summed E-state index contributed by atoms with van der Waals surface area (Å²) in [5, 5.41) is 3.74. The average molecular weight is 292 g/mol. The standard InChI is InChI=1S/C17H28N2O2/c1-14-15(5-8-21-14)11-19(2)13-17(6-9-20-10-7-17)12-18-16-3-4-16/h5,8,16,18H,3-4,6-7,9-13H2,1-2H3. The Morgan fingerprint density at radius 2 is 2.10 bits per heavy atom. The smallest absolute Gasteiger partial charge is 0.105 e. The Morgan fingerprint density at radius 3 is 2.71 bits per heavy atom. The maximum Gasteiger partial charge on any atom is 0.105 e. The molecule has 2 fully saturated rings. The first-order valence-corrected chi connectivity index (χ1v) is 8.20. The summed E-state index contributed by atoms with van der Waals surface area (Å²) in [6.07, 6.45) is 6.84. The maximum absolute atomic E-state index is 5.59. The summed E-state index contributed by atoms with van der Waals surface area (Å²) in [6, 6.07) is 2.87. The van der Waals surface area contributed by atoms with Gasteiger partial charge in [-0.3, -0.25) is 0 Å². The van der Waals surface area contributed by atoms with Gasteiger partial charge in [0.1, 0.15) is 5.76 Å². The van der Waals surface area contributed by atoms with Gasteiger partial charge >= 0.3 is 0 Å². The highest BCUT2D eigenvalue weighted by atomic mass is 16.5. The molecule has 1 aliphatic heterocycles. The highest BCUT2D eigenvalue weighted by Crippen LogP contribution is 2.32. The third-order valence-corrected chi connectivity index (χ3v) is 4.91. The highest BCUT2D eigenvalue weighted by molar-refractivity contribution is 5.15. The Kier molecular flexibility index (Phi) is 4.67. The van der Waals surface area contributed by atoms with Crippen molar-refractivity contribution in [2.45, 2.75) is 45.2 Å². The third kappa shape index (κ3) is 4.09. The monoisotopic (exact) mass is 292 g/mol. The molecule has 0 radical (unpaired) electrons. The van der Waals surface area contributed by atoms with E-state index >= 15 is 0 Å². The minimum Gasteiger partial charge on any atom is -0.469 e. The molecule has 4 nitrogen and oxygen atoms in total. The summed E-state index contributed by atoms with van der Waals surface area (Å²) in [5.74, 6) is 1.04. The maximum atomic E-state index is 5.59. The molecule has 2 aliphatic rings. The Hall–Kier alpha value is -0.840. The number of hydrogen-bond acceptors (Lipinski definition) is 4. The molecule has 3 rings (SSSR count). The van der Waals surface area contributed by atoms with Gasteiger partial charge in [0, 0.05) is 44.5 Å². The van der Waals surface area contributed by atoms with Crippen LogP contribution in [0, 0.1) is 12.3 Å². The molecule has 0 spiro atoms. The van der Waals surface area contributed by atoms with Crippen molar-refractivity contribution in [3.63, 3.8) is 0 Å². The molecule has 1 saturated carbocycles. The van der Waals surface area contributed by atoms with Gasteiger partial charge < -0.3 is 19.4 Å². The molecular weight excluding hydrogens is 264 g/mol. The number of rotatable bonds is 7. The quantitative estimate of drug-likeness (QED) is 0.838. The lowest BCUT2D eigenvalue weighted by Crippen LogP contribution is -2.46. The van der Waals surface area contributed by atoms with E-state index in [0.717, 1.165) is 44.7 Å². The van der Waals surface area contributed by atoms with Crippen LogP contribution in [-0.2, 0) is 11.3 Å². The van der Waals surface area contributed by atoms with Gasteiger partial charge in [0.2, 0.25) is 0 Å². The van der Waals surface area contributed by atoms with Gasteiger partial charge in [-0.15, -0.1) is 0 Å². The van der Waals surface area contributed by atoms with Crippen molar-refractivity contribution < 1.29 is 9.15 Å². The summed E-state index contributed by atoms with van der Waals surface area (Å²) < 4.78 is 11.0.